The fourth-order valence-electron chi connectivity index (χ4n) is 3.24. The van der Waals surface area contributed by atoms with Gasteiger partial charge in [-0.05, 0) is 23.3 Å². The van der Waals surface area contributed by atoms with Crippen LogP contribution in [-0.4, -0.2) is 28.3 Å². The van der Waals surface area contributed by atoms with E-state index in [4.69, 9.17) is 13.9 Å². The number of fused-ring (bicyclic) bond motifs is 1. The quantitative estimate of drug-likeness (QED) is 0.306. The van der Waals surface area contributed by atoms with E-state index < -0.39 is 6.10 Å². The first-order valence-electron chi connectivity index (χ1n) is 9.79. The molecule has 0 saturated carbocycles. The zero-order valence-electron chi connectivity index (χ0n) is 16.4. The summed E-state index contributed by atoms with van der Waals surface area (Å²) < 4.78 is 17.2. The number of para-hydroxylation sites is 2. The SMILES string of the molecule is O=C(CSc1nnc([C@@H]2COc3ccccc3O2)o1)c1ccc(-c2ccccc2)cc1. The first kappa shape index (κ1) is 19.4. The van der Waals surface area contributed by atoms with Gasteiger partial charge < -0.3 is 13.9 Å². The van der Waals surface area contributed by atoms with Crippen molar-refractivity contribution in [2.24, 2.45) is 0 Å². The highest BCUT2D eigenvalue weighted by Gasteiger charge is 2.27. The Morgan fingerprint density at radius 3 is 2.39 bits per heavy atom. The number of hydrogen-bond donors (Lipinski definition) is 0. The fraction of sp³-hybridized carbons (Fsp3) is 0.125. The number of rotatable bonds is 6. The van der Waals surface area contributed by atoms with E-state index in [0.717, 1.165) is 11.1 Å². The second kappa shape index (κ2) is 8.65. The second-order valence-electron chi connectivity index (χ2n) is 6.93. The number of nitrogens with zero attached hydrogens (tertiary/aromatic N) is 2. The number of ketones is 1. The lowest BCUT2D eigenvalue weighted by Gasteiger charge is -2.23. The first-order valence-corrected chi connectivity index (χ1v) is 10.8. The van der Waals surface area contributed by atoms with E-state index in [1.807, 2.05) is 78.9 Å². The zero-order chi connectivity index (χ0) is 21.0. The Labute approximate surface area is 183 Å². The van der Waals surface area contributed by atoms with Crippen molar-refractivity contribution in [1.29, 1.82) is 0 Å². The third-order valence-corrected chi connectivity index (χ3v) is 5.67. The normalized spacial score (nSPS) is 14.9. The summed E-state index contributed by atoms with van der Waals surface area (Å²) in [6.07, 6.45) is -0.474. The van der Waals surface area contributed by atoms with Crippen molar-refractivity contribution in [1.82, 2.24) is 10.2 Å². The topological polar surface area (TPSA) is 74.5 Å². The molecular weight excluding hydrogens is 412 g/mol. The Balaban J connectivity index is 1.19. The van der Waals surface area contributed by atoms with E-state index in [-0.39, 0.29) is 18.1 Å². The van der Waals surface area contributed by atoms with Crippen LogP contribution in [0, 0.1) is 0 Å². The fourth-order valence-corrected chi connectivity index (χ4v) is 3.90. The van der Waals surface area contributed by atoms with Crippen LogP contribution in [0.2, 0.25) is 0 Å². The molecule has 0 N–H and O–H groups in total. The molecule has 0 unspecified atom stereocenters. The summed E-state index contributed by atoms with van der Waals surface area (Å²) in [5.74, 6) is 1.86. The summed E-state index contributed by atoms with van der Waals surface area (Å²) in [6, 6.07) is 25.1. The molecule has 0 fully saturated rings. The Kier molecular flexibility index (Phi) is 5.41. The predicted molar refractivity (Wildman–Crippen MR) is 117 cm³/mol. The number of benzene rings is 3. The monoisotopic (exact) mass is 430 g/mol. The molecule has 0 radical (unpaired) electrons. The number of ether oxygens (including phenoxy) is 2. The molecule has 0 spiro atoms. The van der Waals surface area contributed by atoms with Gasteiger partial charge in [-0.15, -0.1) is 10.2 Å². The number of thioether (sulfide) groups is 1. The molecule has 154 valence electrons. The Morgan fingerprint density at radius 1 is 0.871 bits per heavy atom. The summed E-state index contributed by atoms with van der Waals surface area (Å²) in [6.45, 7) is 0.288. The smallest absolute Gasteiger partial charge is 0.277 e. The summed E-state index contributed by atoms with van der Waals surface area (Å²) >= 11 is 1.21. The molecule has 6 nitrogen and oxygen atoms in total. The van der Waals surface area contributed by atoms with Crippen LogP contribution in [0.25, 0.3) is 11.1 Å². The van der Waals surface area contributed by atoms with Gasteiger partial charge in [-0.1, -0.05) is 78.5 Å². The maximum absolute atomic E-state index is 12.6. The van der Waals surface area contributed by atoms with Crippen molar-refractivity contribution < 1.29 is 18.7 Å². The maximum atomic E-state index is 12.6. The van der Waals surface area contributed by atoms with E-state index in [0.29, 0.717) is 28.2 Å². The van der Waals surface area contributed by atoms with Crippen LogP contribution in [0.4, 0.5) is 0 Å². The van der Waals surface area contributed by atoms with Gasteiger partial charge in [-0.25, -0.2) is 0 Å². The van der Waals surface area contributed by atoms with E-state index >= 15 is 0 Å². The van der Waals surface area contributed by atoms with E-state index in [9.17, 15) is 4.79 Å². The summed E-state index contributed by atoms with van der Waals surface area (Å²) in [5.41, 5.74) is 2.83. The Bertz CT molecular complexity index is 1190. The molecule has 2 heterocycles. The van der Waals surface area contributed by atoms with Crippen LogP contribution in [-0.2, 0) is 0 Å². The lowest BCUT2D eigenvalue weighted by Crippen LogP contribution is -2.21. The lowest BCUT2D eigenvalue weighted by molar-refractivity contribution is 0.0686. The van der Waals surface area contributed by atoms with Crippen LogP contribution in [0.1, 0.15) is 22.4 Å². The molecule has 4 aromatic rings. The van der Waals surface area contributed by atoms with Gasteiger partial charge in [0, 0.05) is 5.56 Å². The van der Waals surface area contributed by atoms with Crippen LogP contribution < -0.4 is 9.47 Å². The summed E-state index contributed by atoms with van der Waals surface area (Å²) in [5, 5.41) is 8.41. The van der Waals surface area contributed by atoms with Gasteiger partial charge in [-0.3, -0.25) is 4.79 Å². The molecule has 1 aliphatic heterocycles. The average Bonchev–Trinajstić information content (AvgIpc) is 3.32. The van der Waals surface area contributed by atoms with E-state index in [1.54, 1.807) is 0 Å². The molecule has 1 aliphatic rings. The van der Waals surface area contributed by atoms with Gasteiger partial charge in [0.15, 0.2) is 17.3 Å². The highest BCUT2D eigenvalue weighted by Crippen LogP contribution is 2.36. The third kappa shape index (κ3) is 4.32. The summed E-state index contributed by atoms with van der Waals surface area (Å²) in [7, 11) is 0. The van der Waals surface area contributed by atoms with Crippen molar-refractivity contribution >= 4 is 17.5 Å². The molecule has 1 aromatic heterocycles. The van der Waals surface area contributed by atoms with E-state index in [1.165, 1.54) is 11.8 Å². The molecule has 3 aromatic carbocycles. The second-order valence-corrected chi connectivity index (χ2v) is 7.85. The van der Waals surface area contributed by atoms with Gasteiger partial charge in [0.1, 0.15) is 6.61 Å². The van der Waals surface area contributed by atoms with Gasteiger partial charge in [-0.2, -0.15) is 0 Å². The molecular formula is C24H18N2O4S. The van der Waals surface area contributed by atoms with Crippen molar-refractivity contribution in [3.8, 4) is 22.6 Å². The zero-order valence-corrected chi connectivity index (χ0v) is 17.2. The molecule has 0 amide bonds. The molecule has 0 bridgehead atoms. The van der Waals surface area contributed by atoms with Gasteiger partial charge in [0.2, 0.25) is 6.10 Å². The highest BCUT2D eigenvalue weighted by atomic mass is 32.2. The standard InChI is InChI=1S/C24H18N2O4S/c27-19(18-12-10-17(11-13-18)16-6-2-1-3-7-16)15-31-24-26-25-23(30-24)22-14-28-20-8-4-5-9-21(20)29-22/h1-13,22H,14-15H2/t22-/m0/s1. The van der Waals surface area contributed by atoms with Gasteiger partial charge >= 0.3 is 0 Å². The number of hydrogen-bond acceptors (Lipinski definition) is 7. The number of Topliss-reactive ketones (excluding diaryl/α,β-unsaturated/α-hetero) is 1. The third-order valence-electron chi connectivity index (χ3n) is 4.85. The molecule has 0 aliphatic carbocycles. The predicted octanol–water partition coefficient (Wildman–Crippen LogP) is 5.22. The molecule has 7 heteroatoms. The van der Waals surface area contributed by atoms with Crippen LogP contribution in [0.15, 0.2) is 88.5 Å². The minimum Gasteiger partial charge on any atom is -0.485 e. The number of aromatic nitrogens is 2. The van der Waals surface area contributed by atoms with Crippen molar-refractivity contribution in [3.05, 3.63) is 90.3 Å². The van der Waals surface area contributed by atoms with Crippen LogP contribution in [0.3, 0.4) is 0 Å². The van der Waals surface area contributed by atoms with Crippen LogP contribution in [0.5, 0.6) is 11.5 Å². The maximum Gasteiger partial charge on any atom is 0.277 e. The first-order chi connectivity index (χ1) is 15.3. The van der Waals surface area contributed by atoms with Crippen molar-refractivity contribution in [3.63, 3.8) is 0 Å². The number of carbonyl (C=O) groups excluding carboxylic acids is 1. The van der Waals surface area contributed by atoms with Gasteiger partial charge in [0.25, 0.3) is 11.1 Å². The Morgan fingerprint density at radius 2 is 1.58 bits per heavy atom. The lowest BCUT2D eigenvalue weighted by atomic mass is 10.0. The average molecular weight is 430 g/mol. The van der Waals surface area contributed by atoms with Crippen LogP contribution >= 0.6 is 11.8 Å². The van der Waals surface area contributed by atoms with Crippen molar-refractivity contribution in [2.45, 2.75) is 11.3 Å². The molecule has 1 atom stereocenters. The minimum absolute atomic E-state index is 0.00413. The van der Waals surface area contributed by atoms with E-state index in [2.05, 4.69) is 10.2 Å². The number of carbonyl (C=O) groups is 1. The minimum atomic E-state index is -0.474. The summed E-state index contributed by atoms with van der Waals surface area (Å²) in [4.78, 5) is 12.6. The molecule has 31 heavy (non-hydrogen) atoms. The highest BCUT2D eigenvalue weighted by molar-refractivity contribution is 7.99. The van der Waals surface area contributed by atoms with Gasteiger partial charge in [0.05, 0.1) is 5.75 Å². The Hall–Kier alpha value is -3.58. The molecule has 5 rings (SSSR count). The largest absolute Gasteiger partial charge is 0.485 e. The molecule has 0 saturated heterocycles. The van der Waals surface area contributed by atoms with Crippen molar-refractivity contribution in [2.75, 3.05) is 12.4 Å².